The van der Waals surface area contributed by atoms with Crippen LogP contribution >= 0.6 is 23.2 Å². The van der Waals surface area contributed by atoms with Crippen LogP contribution in [0.25, 0.3) is 5.65 Å². The minimum atomic E-state index is 0.229. The molecule has 3 rings (SSSR count). The molecule has 0 amide bonds. The first kappa shape index (κ1) is 15.0. The Bertz CT molecular complexity index is 852. The molecule has 1 aromatic carbocycles. The number of fused-ring (bicyclic) bond motifs is 1. The number of pyridine rings is 1. The largest absolute Gasteiger partial charge is 0.281 e. The van der Waals surface area contributed by atoms with Gasteiger partial charge in [-0.2, -0.15) is 0 Å². The van der Waals surface area contributed by atoms with Gasteiger partial charge in [0, 0.05) is 11.2 Å². The van der Waals surface area contributed by atoms with Crippen LogP contribution in [0.15, 0.2) is 52.8 Å². The van der Waals surface area contributed by atoms with Crippen LogP contribution in [0.1, 0.15) is 25.5 Å². The molecule has 0 bridgehead atoms. The molecule has 0 atom stereocenters. The Balaban J connectivity index is 2.12. The van der Waals surface area contributed by atoms with Crippen LogP contribution in [0.5, 0.6) is 0 Å². The van der Waals surface area contributed by atoms with Crippen molar-refractivity contribution in [1.29, 1.82) is 0 Å². The molecule has 3 aromatic rings. The molecule has 0 saturated heterocycles. The maximum Gasteiger partial charge on any atom is 0.183 e. The fourth-order valence-corrected chi connectivity index (χ4v) is 2.50. The van der Waals surface area contributed by atoms with Crippen LogP contribution in [0.2, 0.25) is 10.0 Å². The zero-order valence-corrected chi connectivity index (χ0v) is 13.7. The summed E-state index contributed by atoms with van der Waals surface area (Å²) in [6.45, 7) is 4.14. The van der Waals surface area contributed by atoms with Crippen LogP contribution in [0, 0.1) is 0 Å². The second kappa shape index (κ2) is 6.07. The number of benzene rings is 1. The van der Waals surface area contributed by atoms with Gasteiger partial charge >= 0.3 is 0 Å². The van der Waals surface area contributed by atoms with E-state index in [2.05, 4.69) is 29.1 Å². The van der Waals surface area contributed by atoms with Crippen LogP contribution < -0.4 is 0 Å². The third-order valence-corrected chi connectivity index (χ3v) is 3.66. The summed E-state index contributed by atoms with van der Waals surface area (Å²) in [4.78, 5) is 4.61. The molecule has 2 heterocycles. The molecule has 0 unspecified atom stereocenters. The fraction of sp³-hybridized carbons (Fsp3) is 0.188. The van der Waals surface area contributed by atoms with E-state index in [4.69, 9.17) is 23.2 Å². The van der Waals surface area contributed by atoms with E-state index in [1.807, 2.05) is 28.7 Å². The third kappa shape index (κ3) is 2.98. The summed E-state index contributed by atoms with van der Waals surface area (Å²) in [6, 6.07) is 10.9. The van der Waals surface area contributed by atoms with E-state index in [0.717, 1.165) is 11.3 Å². The maximum atomic E-state index is 6.08. The van der Waals surface area contributed by atoms with Crippen molar-refractivity contribution in [2.75, 3.05) is 0 Å². The Morgan fingerprint density at radius 1 is 1.05 bits per heavy atom. The van der Waals surface area contributed by atoms with Crippen molar-refractivity contribution in [2.45, 2.75) is 19.8 Å². The van der Waals surface area contributed by atoms with Gasteiger partial charge in [0.1, 0.15) is 5.65 Å². The molecule has 0 fully saturated rings. The summed E-state index contributed by atoms with van der Waals surface area (Å²) in [5, 5.41) is 9.90. The van der Waals surface area contributed by atoms with Crippen LogP contribution in [0.4, 0.5) is 11.5 Å². The maximum absolute atomic E-state index is 6.08. The quantitative estimate of drug-likeness (QED) is 0.528. The van der Waals surface area contributed by atoms with E-state index in [1.54, 1.807) is 18.3 Å². The predicted octanol–water partition coefficient (Wildman–Crippen LogP) is 6.18. The Labute approximate surface area is 138 Å². The van der Waals surface area contributed by atoms with Gasteiger partial charge < -0.3 is 0 Å². The van der Waals surface area contributed by atoms with Crippen molar-refractivity contribution in [3.8, 4) is 0 Å². The van der Waals surface area contributed by atoms with E-state index in [-0.39, 0.29) is 5.92 Å². The van der Waals surface area contributed by atoms with Crippen molar-refractivity contribution in [2.24, 2.45) is 10.2 Å². The van der Waals surface area contributed by atoms with Crippen LogP contribution in [0.3, 0.4) is 0 Å². The number of azo groups is 1. The van der Waals surface area contributed by atoms with Crippen LogP contribution in [-0.4, -0.2) is 9.38 Å². The minimum absolute atomic E-state index is 0.229. The first-order chi connectivity index (χ1) is 10.5. The van der Waals surface area contributed by atoms with E-state index < -0.39 is 0 Å². The molecule has 0 spiro atoms. The van der Waals surface area contributed by atoms with Crippen molar-refractivity contribution >= 4 is 40.4 Å². The summed E-state index contributed by atoms with van der Waals surface area (Å²) < 4.78 is 1.85. The predicted molar refractivity (Wildman–Crippen MR) is 89.9 cm³/mol. The second-order valence-electron chi connectivity index (χ2n) is 5.23. The second-order valence-corrected chi connectivity index (χ2v) is 6.10. The lowest BCUT2D eigenvalue weighted by molar-refractivity contribution is 0.831. The molecule has 0 aliphatic carbocycles. The Kier molecular flexibility index (Phi) is 4.14. The standard InChI is InChI=1S/C16H14Cl2N4/c1-10(2)15-16(21-20-13-5-3-4-11(17)8-13)22-9-12(18)6-7-14(22)19-15/h3-10H,1-2H3. The molecule has 0 saturated carbocycles. The van der Waals surface area contributed by atoms with Gasteiger partial charge in [0.05, 0.1) is 16.4 Å². The van der Waals surface area contributed by atoms with E-state index >= 15 is 0 Å². The summed E-state index contributed by atoms with van der Waals surface area (Å²) in [5.74, 6) is 0.916. The highest BCUT2D eigenvalue weighted by Gasteiger charge is 2.15. The zero-order valence-electron chi connectivity index (χ0n) is 12.2. The van der Waals surface area contributed by atoms with Crippen LogP contribution in [-0.2, 0) is 0 Å². The minimum Gasteiger partial charge on any atom is -0.281 e. The molecule has 0 aliphatic rings. The van der Waals surface area contributed by atoms with Crippen molar-refractivity contribution < 1.29 is 0 Å². The summed E-state index contributed by atoms with van der Waals surface area (Å²) in [5.41, 5.74) is 2.38. The molecule has 0 aliphatic heterocycles. The van der Waals surface area contributed by atoms with E-state index in [0.29, 0.717) is 21.6 Å². The fourth-order valence-electron chi connectivity index (χ4n) is 2.15. The number of hydrogen-bond acceptors (Lipinski definition) is 3. The molecule has 0 radical (unpaired) electrons. The Morgan fingerprint density at radius 3 is 2.59 bits per heavy atom. The molecule has 6 heteroatoms. The first-order valence-electron chi connectivity index (χ1n) is 6.89. The van der Waals surface area contributed by atoms with Crippen molar-refractivity contribution in [3.63, 3.8) is 0 Å². The molecular weight excluding hydrogens is 319 g/mol. The van der Waals surface area contributed by atoms with Crippen molar-refractivity contribution in [3.05, 3.63) is 58.3 Å². The SMILES string of the molecule is CC(C)c1nc2ccc(Cl)cn2c1N=Nc1cccc(Cl)c1. The third-order valence-electron chi connectivity index (χ3n) is 3.20. The number of rotatable bonds is 3. The molecule has 22 heavy (non-hydrogen) atoms. The number of nitrogens with zero attached hydrogens (tertiary/aromatic N) is 4. The monoisotopic (exact) mass is 332 g/mol. The molecular formula is C16H14Cl2N4. The Hall–Kier alpha value is -1.91. The average Bonchev–Trinajstić information content (AvgIpc) is 2.83. The van der Waals surface area contributed by atoms with Gasteiger partial charge in [-0.05, 0) is 36.2 Å². The summed E-state index contributed by atoms with van der Waals surface area (Å²) in [6.07, 6.45) is 1.79. The van der Waals surface area contributed by atoms with Gasteiger partial charge in [-0.3, -0.25) is 4.40 Å². The summed E-state index contributed by atoms with van der Waals surface area (Å²) in [7, 11) is 0. The van der Waals surface area contributed by atoms with E-state index in [1.165, 1.54) is 0 Å². The normalized spacial score (nSPS) is 11.9. The lowest BCUT2D eigenvalue weighted by Crippen LogP contribution is -1.87. The molecule has 0 N–H and O–H groups in total. The summed E-state index contributed by atoms with van der Waals surface area (Å²) >= 11 is 12.0. The van der Waals surface area contributed by atoms with Gasteiger partial charge in [0.2, 0.25) is 0 Å². The number of hydrogen-bond donors (Lipinski definition) is 0. The highest BCUT2D eigenvalue weighted by molar-refractivity contribution is 6.31. The number of aromatic nitrogens is 2. The molecule has 4 nitrogen and oxygen atoms in total. The average molecular weight is 333 g/mol. The Morgan fingerprint density at radius 2 is 1.86 bits per heavy atom. The van der Waals surface area contributed by atoms with Gasteiger partial charge in [-0.1, -0.05) is 43.1 Å². The number of halogens is 2. The van der Waals surface area contributed by atoms with Gasteiger partial charge in [0.15, 0.2) is 5.82 Å². The van der Waals surface area contributed by atoms with Gasteiger partial charge in [-0.15, -0.1) is 10.2 Å². The zero-order chi connectivity index (χ0) is 15.7. The number of imidazole rings is 1. The lowest BCUT2D eigenvalue weighted by atomic mass is 10.1. The lowest BCUT2D eigenvalue weighted by Gasteiger charge is -2.02. The van der Waals surface area contributed by atoms with E-state index in [9.17, 15) is 0 Å². The smallest absolute Gasteiger partial charge is 0.183 e. The first-order valence-corrected chi connectivity index (χ1v) is 7.65. The van der Waals surface area contributed by atoms with Gasteiger partial charge in [0.25, 0.3) is 0 Å². The van der Waals surface area contributed by atoms with Crippen molar-refractivity contribution in [1.82, 2.24) is 9.38 Å². The molecule has 2 aromatic heterocycles. The molecule has 112 valence electrons. The topological polar surface area (TPSA) is 42.0 Å². The highest BCUT2D eigenvalue weighted by atomic mass is 35.5. The van der Waals surface area contributed by atoms with Gasteiger partial charge in [-0.25, -0.2) is 4.98 Å². The highest BCUT2D eigenvalue weighted by Crippen LogP contribution is 2.30.